The van der Waals surface area contributed by atoms with Gasteiger partial charge in [-0.25, -0.2) is 0 Å². The zero-order valence-corrected chi connectivity index (χ0v) is 22.1. The average molecular weight is 482 g/mol. The number of hydrogen-bond donors (Lipinski definition) is 2. The van der Waals surface area contributed by atoms with Gasteiger partial charge in [0.25, 0.3) is 0 Å². The van der Waals surface area contributed by atoms with Crippen molar-refractivity contribution >= 4 is 0 Å². The third-order valence-corrected chi connectivity index (χ3v) is 12.0. The van der Waals surface area contributed by atoms with Gasteiger partial charge in [0.1, 0.15) is 12.4 Å². The first-order valence-electron chi connectivity index (χ1n) is 14.7. The molecule has 0 radical (unpaired) electrons. The number of nitrogens with zero attached hydrogens (tertiary/aromatic N) is 1. The van der Waals surface area contributed by atoms with Crippen molar-refractivity contribution in [2.24, 2.45) is 28.6 Å². The number of rotatable bonds is 5. The van der Waals surface area contributed by atoms with Gasteiger partial charge < -0.3 is 14.9 Å². The standard InChI is InChI=1S/C31H47NO3/c1-29-21-23(22-6-5-7-25(20-22)35-19-18-32-16-3-4-17-32)8-9-24(29)10-11-27-26(29)12-14-30(2)28(33)13-15-31(27,30)34/h5-7,20,23-24,26-28,33-34H,3-4,8-19,21H2,1-2H3/t23?,24?,26-,27-,28?,29+,30-,31-/m1/s1. The van der Waals surface area contributed by atoms with Crippen molar-refractivity contribution in [1.82, 2.24) is 4.90 Å². The van der Waals surface area contributed by atoms with Crippen LogP contribution in [0.25, 0.3) is 0 Å². The SMILES string of the molecule is C[C@]12CC(c3cccc(OCCN4CCCC4)c3)CCC1CC[C@@H]1[C@H]2CC[C@]2(C)C(O)CC[C@@]12O. The van der Waals surface area contributed by atoms with Gasteiger partial charge in [0, 0.05) is 12.0 Å². The quantitative estimate of drug-likeness (QED) is 0.561. The minimum Gasteiger partial charge on any atom is -0.492 e. The van der Waals surface area contributed by atoms with Gasteiger partial charge in [-0.05, 0) is 131 Å². The fraction of sp³-hybridized carbons (Fsp3) is 0.806. The van der Waals surface area contributed by atoms with E-state index in [-0.39, 0.29) is 16.9 Å². The summed E-state index contributed by atoms with van der Waals surface area (Å²) in [6, 6.07) is 8.95. The zero-order valence-electron chi connectivity index (χ0n) is 22.1. The van der Waals surface area contributed by atoms with E-state index in [0.29, 0.717) is 17.8 Å². The average Bonchev–Trinajstić information content (AvgIpc) is 3.45. The van der Waals surface area contributed by atoms with Crippen LogP contribution in [0, 0.1) is 28.6 Å². The van der Waals surface area contributed by atoms with Crippen LogP contribution in [0.1, 0.15) is 96.0 Å². The van der Waals surface area contributed by atoms with Crippen molar-refractivity contribution in [1.29, 1.82) is 0 Å². The van der Waals surface area contributed by atoms with E-state index in [1.807, 2.05) is 0 Å². The van der Waals surface area contributed by atoms with Crippen LogP contribution >= 0.6 is 0 Å². The van der Waals surface area contributed by atoms with Crippen molar-refractivity contribution < 1.29 is 14.9 Å². The molecule has 0 amide bonds. The van der Waals surface area contributed by atoms with Gasteiger partial charge in [-0.2, -0.15) is 0 Å². The predicted molar refractivity (Wildman–Crippen MR) is 140 cm³/mol. The maximum Gasteiger partial charge on any atom is 0.119 e. The minimum atomic E-state index is -0.681. The van der Waals surface area contributed by atoms with E-state index >= 15 is 0 Å². The summed E-state index contributed by atoms with van der Waals surface area (Å²) in [5, 5.41) is 22.8. The molecule has 0 aromatic heterocycles. The first kappa shape index (κ1) is 24.2. The molecule has 8 atom stereocenters. The van der Waals surface area contributed by atoms with Crippen LogP contribution in [0.5, 0.6) is 5.75 Å². The molecule has 1 aromatic carbocycles. The molecule has 1 aromatic rings. The summed E-state index contributed by atoms with van der Waals surface area (Å²) in [7, 11) is 0. The van der Waals surface area contributed by atoms with Crippen LogP contribution in [0.2, 0.25) is 0 Å². The Balaban J connectivity index is 1.17. The van der Waals surface area contributed by atoms with Gasteiger partial charge in [-0.3, -0.25) is 4.90 Å². The number of fused-ring (bicyclic) bond motifs is 5. The third-order valence-electron chi connectivity index (χ3n) is 12.0. The second kappa shape index (κ2) is 9.03. The van der Waals surface area contributed by atoms with Gasteiger partial charge in [-0.15, -0.1) is 0 Å². The molecule has 4 nitrogen and oxygen atoms in total. The highest BCUT2D eigenvalue weighted by molar-refractivity contribution is 5.32. The molecular weight excluding hydrogens is 434 g/mol. The van der Waals surface area contributed by atoms with Crippen LogP contribution < -0.4 is 4.74 Å². The van der Waals surface area contributed by atoms with E-state index in [4.69, 9.17) is 4.74 Å². The number of hydrogen-bond acceptors (Lipinski definition) is 4. The number of benzene rings is 1. The first-order chi connectivity index (χ1) is 16.8. The van der Waals surface area contributed by atoms with Crippen LogP contribution in [0.3, 0.4) is 0 Å². The van der Waals surface area contributed by atoms with E-state index < -0.39 is 5.60 Å². The fourth-order valence-electron chi connectivity index (χ4n) is 9.74. The fourth-order valence-corrected chi connectivity index (χ4v) is 9.74. The number of likely N-dealkylation sites (tertiary alicyclic amines) is 1. The minimum absolute atomic E-state index is 0.281. The van der Waals surface area contributed by atoms with Gasteiger partial charge in [0.05, 0.1) is 11.7 Å². The van der Waals surface area contributed by atoms with Gasteiger partial charge >= 0.3 is 0 Å². The lowest BCUT2D eigenvalue weighted by Gasteiger charge is -2.63. The Hall–Kier alpha value is -1.10. The van der Waals surface area contributed by atoms with E-state index in [9.17, 15) is 10.2 Å². The molecule has 4 aliphatic carbocycles. The van der Waals surface area contributed by atoms with E-state index in [2.05, 4.69) is 43.0 Å². The Kier molecular flexibility index (Phi) is 6.25. The molecule has 1 saturated heterocycles. The number of aliphatic hydroxyl groups is 2. The molecule has 0 spiro atoms. The monoisotopic (exact) mass is 481 g/mol. The molecule has 3 unspecified atom stereocenters. The molecule has 1 heterocycles. The molecule has 5 aliphatic rings. The van der Waals surface area contributed by atoms with Crippen molar-refractivity contribution in [3.63, 3.8) is 0 Å². The smallest absolute Gasteiger partial charge is 0.119 e. The normalized spacial score (nSPS) is 45.5. The molecule has 5 fully saturated rings. The molecule has 4 heteroatoms. The van der Waals surface area contributed by atoms with Gasteiger partial charge in [-0.1, -0.05) is 26.0 Å². The number of aliphatic hydroxyl groups excluding tert-OH is 1. The Morgan fingerprint density at radius 2 is 1.77 bits per heavy atom. The summed E-state index contributed by atoms with van der Waals surface area (Å²) in [5.41, 5.74) is 0.732. The van der Waals surface area contributed by atoms with Crippen molar-refractivity contribution in [3.8, 4) is 5.75 Å². The summed E-state index contributed by atoms with van der Waals surface area (Å²) >= 11 is 0. The lowest BCUT2D eigenvalue weighted by atomic mass is 9.43. The third kappa shape index (κ3) is 3.89. The summed E-state index contributed by atoms with van der Waals surface area (Å²) < 4.78 is 6.20. The van der Waals surface area contributed by atoms with E-state index in [1.54, 1.807) is 0 Å². The molecular formula is C31H47NO3. The molecule has 6 rings (SSSR count). The summed E-state index contributed by atoms with van der Waals surface area (Å²) in [5.74, 6) is 3.30. The zero-order chi connectivity index (χ0) is 24.3. The Bertz CT molecular complexity index is 914. The second-order valence-electron chi connectivity index (χ2n) is 13.4. The molecule has 2 N–H and O–H groups in total. The molecule has 194 valence electrons. The van der Waals surface area contributed by atoms with Crippen LogP contribution in [-0.4, -0.2) is 53.1 Å². The highest BCUT2D eigenvalue weighted by Crippen LogP contribution is 2.68. The second-order valence-corrected chi connectivity index (χ2v) is 13.4. The maximum absolute atomic E-state index is 12.0. The van der Waals surface area contributed by atoms with Crippen LogP contribution in [-0.2, 0) is 0 Å². The summed E-state index contributed by atoms with van der Waals surface area (Å²) in [6.45, 7) is 9.00. The van der Waals surface area contributed by atoms with E-state index in [0.717, 1.165) is 50.5 Å². The largest absolute Gasteiger partial charge is 0.492 e. The summed E-state index contributed by atoms with van der Waals surface area (Å²) in [6.07, 6.45) is 12.2. The lowest BCUT2D eigenvalue weighted by Crippen LogP contribution is -2.62. The van der Waals surface area contributed by atoms with Crippen molar-refractivity contribution in [2.75, 3.05) is 26.2 Å². The van der Waals surface area contributed by atoms with Gasteiger partial charge in [0.15, 0.2) is 0 Å². The highest BCUT2D eigenvalue weighted by atomic mass is 16.5. The lowest BCUT2D eigenvalue weighted by molar-refractivity contribution is -0.213. The summed E-state index contributed by atoms with van der Waals surface area (Å²) in [4.78, 5) is 2.51. The highest BCUT2D eigenvalue weighted by Gasteiger charge is 2.67. The Labute approximate surface area is 212 Å². The molecule has 1 aliphatic heterocycles. The maximum atomic E-state index is 12.0. The van der Waals surface area contributed by atoms with Crippen LogP contribution in [0.15, 0.2) is 24.3 Å². The number of ether oxygens (including phenoxy) is 1. The van der Waals surface area contributed by atoms with Crippen molar-refractivity contribution in [3.05, 3.63) is 29.8 Å². The van der Waals surface area contributed by atoms with E-state index in [1.165, 1.54) is 63.6 Å². The van der Waals surface area contributed by atoms with Crippen LogP contribution in [0.4, 0.5) is 0 Å². The Morgan fingerprint density at radius 1 is 0.971 bits per heavy atom. The topological polar surface area (TPSA) is 52.9 Å². The molecule has 4 saturated carbocycles. The molecule has 35 heavy (non-hydrogen) atoms. The van der Waals surface area contributed by atoms with Crippen molar-refractivity contribution in [2.45, 2.75) is 102 Å². The Morgan fingerprint density at radius 3 is 2.60 bits per heavy atom. The predicted octanol–water partition coefficient (Wildman–Crippen LogP) is 5.76. The van der Waals surface area contributed by atoms with Gasteiger partial charge in [0.2, 0.25) is 0 Å². The molecule has 0 bridgehead atoms. The first-order valence-corrected chi connectivity index (χ1v) is 14.7.